The van der Waals surface area contributed by atoms with Crippen molar-refractivity contribution in [3.05, 3.63) is 0 Å². The monoisotopic (exact) mass is 130 g/mol. The average molecular weight is 130 g/mol. The highest BCUT2D eigenvalue weighted by Crippen LogP contribution is 2.29. The Morgan fingerprint density at radius 2 is 2.33 bits per heavy atom. The zero-order valence-electron chi connectivity index (χ0n) is 5.81. The van der Waals surface area contributed by atoms with E-state index in [1.54, 1.807) is 0 Å². The molecule has 3 N–H and O–H groups in total. The second kappa shape index (κ2) is 2.64. The maximum atomic E-state index is 5.19. The first-order chi connectivity index (χ1) is 4.33. The van der Waals surface area contributed by atoms with Crippen LogP contribution in [-0.2, 0) is 4.74 Å². The van der Waals surface area contributed by atoms with Gasteiger partial charge >= 0.3 is 0 Å². The molecule has 54 valence electrons. The van der Waals surface area contributed by atoms with E-state index in [1.165, 1.54) is 0 Å². The molecule has 1 aliphatic heterocycles. The normalized spacial score (nSPS) is 23.3. The molecule has 0 unspecified atom stereocenters. The summed E-state index contributed by atoms with van der Waals surface area (Å²) in [5.74, 6) is 5.19. The summed E-state index contributed by atoms with van der Waals surface area (Å²) >= 11 is 0. The van der Waals surface area contributed by atoms with Crippen molar-refractivity contribution in [2.75, 3.05) is 19.8 Å². The van der Waals surface area contributed by atoms with Gasteiger partial charge in [0.2, 0.25) is 0 Å². The van der Waals surface area contributed by atoms with Crippen molar-refractivity contribution in [1.29, 1.82) is 0 Å². The van der Waals surface area contributed by atoms with Crippen LogP contribution in [0.1, 0.15) is 13.3 Å². The highest BCUT2D eigenvalue weighted by atomic mass is 16.5. The van der Waals surface area contributed by atoms with Gasteiger partial charge in [0.15, 0.2) is 0 Å². The molecule has 0 spiro atoms. The van der Waals surface area contributed by atoms with E-state index in [4.69, 9.17) is 10.6 Å². The van der Waals surface area contributed by atoms with Crippen LogP contribution in [0.5, 0.6) is 0 Å². The minimum atomic E-state index is 0.356. The molecule has 0 aromatic heterocycles. The zero-order valence-corrected chi connectivity index (χ0v) is 5.81. The lowest BCUT2D eigenvalue weighted by Gasteiger charge is -2.40. The van der Waals surface area contributed by atoms with Crippen LogP contribution in [0.2, 0.25) is 0 Å². The number of nitrogens with two attached hydrogens (primary N) is 1. The molecule has 1 heterocycles. The second-order valence-electron chi connectivity index (χ2n) is 2.73. The van der Waals surface area contributed by atoms with E-state index in [0.717, 1.165) is 26.2 Å². The molecule has 0 saturated carbocycles. The second-order valence-corrected chi connectivity index (χ2v) is 2.73. The van der Waals surface area contributed by atoms with Crippen molar-refractivity contribution in [1.82, 2.24) is 5.43 Å². The Morgan fingerprint density at radius 3 is 2.44 bits per heavy atom. The molecule has 3 nitrogen and oxygen atoms in total. The van der Waals surface area contributed by atoms with Crippen molar-refractivity contribution in [2.45, 2.75) is 13.3 Å². The number of hydrogen-bond acceptors (Lipinski definition) is 3. The first-order valence-corrected chi connectivity index (χ1v) is 3.34. The molecule has 1 aliphatic rings. The van der Waals surface area contributed by atoms with Crippen LogP contribution in [0.25, 0.3) is 0 Å². The maximum absolute atomic E-state index is 5.19. The van der Waals surface area contributed by atoms with E-state index in [1.807, 2.05) is 0 Å². The number of hydrogen-bond donors (Lipinski definition) is 2. The Morgan fingerprint density at radius 1 is 1.67 bits per heavy atom. The third-order valence-corrected chi connectivity index (χ3v) is 2.04. The van der Waals surface area contributed by atoms with Crippen molar-refractivity contribution in [3.63, 3.8) is 0 Å². The lowest BCUT2D eigenvalue weighted by atomic mass is 9.83. The minimum Gasteiger partial charge on any atom is -0.380 e. The largest absolute Gasteiger partial charge is 0.380 e. The van der Waals surface area contributed by atoms with Gasteiger partial charge in [-0.25, -0.2) is 0 Å². The molecule has 0 aliphatic carbocycles. The van der Waals surface area contributed by atoms with Gasteiger partial charge < -0.3 is 4.74 Å². The predicted octanol–water partition coefficient (Wildman–Crippen LogP) is -0.124. The van der Waals surface area contributed by atoms with Gasteiger partial charge in [0, 0.05) is 12.0 Å². The van der Waals surface area contributed by atoms with Gasteiger partial charge in [0.05, 0.1) is 13.2 Å². The molecular weight excluding hydrogens is 116 g/mol. The Kier molecular flexibility index (Phi) is 2.05. The third-order valence-electron chi connectivity index (χ3n) is 2.04. The molecule has 0 atom stereocenters. The maximum Gasteiger partial charge on any atom is 0.0557 e. The SMILES string of the molecule is CCC1(CNN)COC1. The minimum absolute atomic E-state index is 0.356. The summed E-state index contributed by atoms with van der Waals surface area (Å²) in [6, 6.07) is 0. The number of nitrogens with one attached hydrogen (secondary N) is 1. The Balaban J connectivity index is 2.28. The molecule has 0 radical (unpaired) electrons. The summed E-state index contributed by atoms with van der Waals surface area (Å²) in [6.45, 7) is 4.78. The fourth-order valence-electron chi connectivity index (χ4n) is 1.04. The van der Waals surface area contributed by atoms with Crippen molar-refractivity contribution in [2.24, 2.45) is 11.3 Å². The molecule has 9 heavy (non-hydrogen) atoms. The van der Waals surface area contributed by atoms with E-state index < -0.39 is 0 Å². The summed E-state index contributed by atoms with van der Waals surface area (Å²) in [5.41, 5.74) is 3.04. The Labute approximate surface area is 55.5 Å². The summed E-state index contributed by atoms with van der Waals surface area (Å²) in [6.07, 6.45) is 1.15. The first kappa shape index (κ1) is 6.99. The molecule has 0 bridgehead atoms. The number of ether oxygens (including phenoxy) is 1. The molecule has 3 heteroatoms. The van der Waals surface area contributed by atoms with E-state index in [2.05, 4.69) is 12.3 Å². The van der Waals surface area contributed by atoms with Crippen LogP contribution in [0.15, 0.2) is 0 Å². The van der Waals surface area contributed by atoms with Crippen LogP contribution >= 0.6 is 0 Å². The van der Waals surface area contributed by atoms with Gasteiger partial charge in [-0.3, -0.25) is 11.3 Å². The van der Waals surface area contributed by atoms with E-state index >= 15 is 0 Å². The molecule has 0 aromatic rings. The average Bonchev–Trinajstić information content (AvgIpc) is 1.79. The van der Waals surface area contributed by atoms with E-state index in [0.29, 0.717) is 5.41 Å². The molecule has 1 rings (SSSR count). The van der Waals surface area contributed by atoms with Crippen LogP contribution < -0.4 is 11.3 Å². The standard InChI is InChI=1S/C6H14N2O/c1-2-6(3-8-7)4-9-5-6/h8H,2-5,7H2,1H3. The topological polar surface area (TPSA) is 47.3 Å². The Bertz CT molecular complexity index is 85.5. The van der Waals surface area contributed by atoms with E-state index in [9.17, 15) is 0 Å². The van der Waals surface area contributed by atoms with Gasteiger partial charge in [-0.1, -0.05) is 6.92 Å². The third kappa shape index (κ3) is 1.23. The van der Waals surface area contributed by atoms with Gasteiger partial charge in [0.1, 0.15) is 0 Å². The Hall–Kier alpha value is -0.120. The zero-order chi connectivity index (χ0) is 6.74. The van der Waals surface area contributed by atoms with Crippen LogP contribution in [0.4, 0.5) is 0 Å². The van der Waals surface area contributed by atoms with Gasteiger partial charge in [0.25, 0.3) is 0 Å². The molecule has 1 fully saturated rings. The fraction of sp³-hybridized carbons (Fsp3) is 1.00. The number of hydrazine groups is 1. The fourth-order valence-corrected chi connectivity index (χ4v) is 1.04. The summed E-state index contributed by atoms with van der Waals surface area (Å²) in [5, 5.41) is 0. The quantitative estimate of drug-likeness (QED) is 0.413. The lowest BCUT2D eigenvalue weighted by molar-refractivity contribution is -0.112. The summed E-state index contributed by atoms with van der Waals surface area (Å²) in [7, 11) is 0. The smallest absolute Gasteiger partial charge is 0.0557 e. The lowest BCUT2D eigenvalue weighted by Crippen LogP contribution is -2.50. The molecular formula is C6H14N2O. The molecule has 0 amide bonds. The van der Waals surface area contributed by atoms with Gasteiger partial charge in [-0.15, -0.1) is 0 Å². The van der Waals surface area contributed by atoms with E-state index in [-0.39, 0.29) is 0 Å². The number of rotatable bonds is 3. The predicted molar refractivity (Wildman–Crippen MR) is 35.7 cm³/mol. The van der Waals surface area contributed by atoms with Gasteiger partial charge in [-0.05, 0) is 6.42 Å². The van der Waals surface area contributed by atoms with Crippen LogP contribution in [-0.4, -0.2) is 19.8 Å². The highest BCUT2D eigenvalue weighted by Gasteiger charge is 2.35. The van der Waals surface area contributed by atoms with Crippen LogP contribution in [0.3, 0.4) is 0 Å². The van der Waals surface area contributed by atoms with Gasteiger partial charge in [-0.2, -0.15) is 0 Å². The van der Waals surface area contributed by atoms with Crippen LogP contribution in [0, 0.1) is 5.41 Å². The first-order valence-electron chi connectivity index (χ1n) is 3.34. The molecule has 0 aromatic carbocycles. The molecule has 1 saturated heterocycles. The van der Waals surface area contributed by atoms with Crippen molar-refractivity contribution in [3.8, 4) is 0 Å². The summed E-state index contributed by atoms with van der Waals surface area (Å²) in [4.78, 5) is 0. The highest BCUT2D eigenvalue weighted by molar-refractivity contribution is 4.85. The van der Waals surface area contributed by atoms with Crippen molar-refractivity contribution < 1.29 is 4.74 Å². The van der Waals surface area contributed by atoms with Crippen molar-refractivity contribution >= 4 is 0 Å². The summed E-state index contributed by atoms with van der Waals surface area (Å²) < 4.78 is 5.09.